The highest BCUT2D eigenvalue weighted by Gasteiger charge is 2.43. The van der Waals surface area contributed by atoms with Crippen molar-refractivity contribution in [2.24, 2.45) is 11.1 Å². The number of rotatable bonds is 6. The number of hydrogen-bond donors (Lipinski definition) is 1. The quantitative estimate of drug-likeness (QED) is 0.835. The van der Waals surface area contributed by atoms with Gasteiger partial charge in [-0.05, 0) is 30.5 Å². The highest BCUT2D eigenvalue weighted by Crippen LogP contribution is 2.49. The van der Waals surface area contributed by atoms with Crippen LogP contribution < -0.4 is 15.2 Å². The molecule has 0 saturated heterocycles. The monoisotopic (exact) mass is 246 g/mol. The van der Waals surface area contributed by atoms with Crippen LogP contribution in [0.2, 0.25) is 0 Å². The van der Waals surface area contributed by atoms with Gasteiger partial charge in [0.1, 0.15) is 0 Å². The van der Waals surface area contributed by atoms with Crippen molar-refractivity contribution in [2.45, 2.75) is 25.8 Å². The molecule has 0 aromatic heterocycles. The van der Waals surface area contributed by atoms with Crippen LogP contribution in [-0.2, 0) is 6.54 Å². The molecule has 0 spiro atoms. The van der Waals surface area contributed by atoms with Crippen molar-refractivity contribution in [3.63, 3.8) is 0 Å². The highest BCUT2D eigenvalue weighted by molar-refractivity contribution is 5.43. The zero-order valence-corrected chi connectivity index (χ0v) is 10.6. The molecule has 4 nitrogen and oxygen atoms in total. The molecule has 1 aromatic carbocycles. The maximum absolute atomic E-state index is 8.76. The Labute approximate surface area is 107 Å². The summed E-state index contributed by atoms with van der Waals surface area (Å²) in [5, 5.41) is 8.76. The average Bonchev–Trinajstić information content (AvgIpc) is 3.17. The molecule has 1 aromatic rings. The highest BCUT2D eigenvalue weighted by atomic mass is 16.5. The molecule has 96 valence electrons. The molecule has 1 saturated carbocycles. The second-order valence-electron chi connectivity index (χ2n) is 4.81. The molecule has 1 aliphatic rings. The van der Waals surface area contributed by atoms with Crippen LogP contribution in [0.15, 0.2) is 18.2 Å². The normalized spacial score (nSPS) is 15.8. The summed E-state index contributed by atoms with van der Waals surface area (Å²) in [5.41, 5.74) is 6.67. The summed E-state index contributed by atoms with van der Waals surface area (Å²) in [7, 11) is 1.62. The van der Waals surface area contributed by atoms with Crippen LogP contribution in [0.4, 0.5) is 0 Å². The topological polar surface area (TPSA) is 68.3 Å². The van der Waals surface area contributed by atoms with E-state index in [1.807, 2.05) is 18.2 Å². The fourth-order valence-electron chi connectivity index (χ4n) is 1.91. The minimum Gasteiger partial charge on any atom is -0.493 e. The van der Waals surface area contributed by atoms with E-state index in [0.29, 0.717) is 25.3 Å². The molecule has 1 aliphatic carbocycles. The van der Waals surface area contributed by atoms with Crippen LogP contribution >= 0.6 is 0 Å². The summed E-state index contributed by atoms with van der Waals surface area (Å²) in [4.78, 5) is 0. The van der Waals surface area contributed by atoms with Crippen molar-refractivity contribution in [2.75, 3.05) is 13.7 Å². The number of nitriles is 1. The Kier molecular flexibility index (Phi) is 3.73. The van der Waals surface area contributed by atoms with Crippen molar-refractivity contribution in [3.05, 3.63) is 23.8 Å². The van der Waals surface area contributed by atoms with E-state index < -0.39 is 0 Å². The molecule has 0 atom stereocenters. The summed E-state index contributed by atoms with van der Waals surface area (Å²) in [5.74, 6) is 1.42. The predicted octanol–water partition coefficient (Wildman–Crippen LogP) is 2.23. The molecule has 0 amide bonds. The lowest BCUT2D eigenvalue weighted by atomic mass is 10.1. The largest absolute Gasteiger partial charge is 0.493 e. The van der Waals surface area contributed by atoms with Crippen molar-refractivity contribution >= 4 is 0 Å². The number of ether oxygens (including phenoxy) is 2. The van der Waals surface area contributed by atoms with Gasteiger partial charge in [-0.3, -0.25) is 0 Å². The van der Waals surface area contributed by atoms with Crippen molar-refractivity contribution in [1.29, 1.82) is 5.26 Å². The molecular weight excluding hydrogens is 228 g/mol. The van der Waals surface area contributed by atoms with Gasteiger partial charge in [0.15, 0.2) is 11.5 Å². The van der Waals surface area contributed by atoms with Gasteiger partial charge in [0.2, 0.25) is 0 Å². The SMILES string of the molecule is COc1cc(CN)ccc1OCC1(CC#N)CC1. The van der Waals surface area contributed by atoms with Gasteiger partial charge in [-0.1, -0.05) is 6.07 Å². The molecule has 0 heterocycles. The first-order valence-corrected chi connectivity index (χ1v) is 6.10. The Morgan fingerprint density at radius 3 is 2.72 bits per heavy atom. The van der Waals surface area contributed by atoms with Gasteiger partial charge < -0.3 is 15.2 Å². The molecular formula is C14H18N2O2. The number of hydrogen-bond acceptors (Lipinski definition) is 4. The van der Waals surface area contributed by atoms with Gasteiger partial charge in [0.25, 0.3) is 0 Å². The van der Waals surface area contributed by atoms with Crippen LogP contribution in [0.1, 0.15) is 24.8 Å². The average molecular weight is 246 g/mol. The Bertz CT molecular complexity index is 461. The molecule has 2 rings (SSSR count). The van der Waals surface area contributed by atoms with E-state index >= 15 is 0 Å². The Balaban J connectivity index is 2.03. The second-order valence-corrected chi connectivity index (χ2v) is 4.81. The third-order valence-electron chi connectivity index (χ3n) is 3.41. The minimum absolute atomic E-state index is 0.0757. The smallest absolute Gasteiger partial charge is 0.161 e. The van der Waals surface area contributed by atoms with Crippen LogP contribution in [0.25, 0.3) is 0 Å². The summed E-state index contributed by atoms with van der Waals surface area (Å²) in [6.45, 7) is 1.06. The lowest BCUT2D eigenvalue weighted by Gasteiger charge is -2.15. The molecule has 18 heavy (non-hydrogen) atoms. The van der Waals surface area contributed by atoms with Crippen LogP contribution in [-0.4, -0.2) is 13.7 Å². The third kappa shape index (κ3) is 2.74. The molecule has 0 aliphatic heterocycles. The first kappa shape index (κ1) is 12.7. The molecule has 0 radical (unpaired) electrons. The van der Waals surface area contributed by atoms with E-state index in [-0.39, 0.29) is 5.41 Å². The maximum Gasteiger partial charge on any atom is 0.161 e. The fourth-order valence-corrected chi connectivity index (χ4v) is 1.91. The third-order valence-corrected chi connectivity index (χ3v) is 3.41. The van der Waals surface area contributed by atoms with Crippen molar-refractivity contribution in [3.8, 4) is 17.6 Å². The zero-order chi connectivity index (χ0) is 13.0. The van der Waals surface area contributed by atoms with E-state index in [9.17, 15) is 0 Å². The van der Waals surface area contributed by atoms with Gasteiger partial charge in [0.05, 0.1) is 19.8 Å². The van der Waals surface area contributed by atoms with Crippen molar-refractivity contribution in [1.82, 2.24) is 0 Å². The summed E-state index contributed by atoms with van der Waals surface area (Å²) < 4.78 is 11.1. The Morgan fingerprint density at radius 1 is 1.39 bits per heavy atom. The number of benzene rings is 1. The zero-order valence-electron chi connectivity index (χ0n) is 10.6. The molecule has 4 heteroatoms. The van der Waals surface area contributed by atoms with Crippen LogP contribution in [0.3, 0.4) is 0 Å². The number of nitrogens with two attached hydrogens (primary N) is 1. The van der Waals surface area contributed by atoms with Gasteiger partial charge in [-0.15, -0.1) is 0 Å². The lowest BCUT2D eigenvalue weighted by molar-refractivity contribution is 0.227. The molecule has 2 N–H and O–H groups in total. The number of nitrogens with zero attached hydrogens (tertiary/aromatic N) is 1. The van der Waals surface area contributed by atoms with E-state index in [0.717, 1.165) is 24.2 Å². The standard InChI is InChI=1S/C14H18N2O2/c1-17-13-8-11(9-16)2-3-12(13)18-10-14(4-5-14)6-7-15/h2-3,8H,4-6,9-10,16H2,1H3. The minimum atomic E-state index is 0.0757. The van der Waals surface area contributed by atoms with Crippen LogP contribution in [0.5, 0.6) is 11.5 Å². The van der Waals surface area contributed by atoms with E-state index in [1.54, 1.807) is 7.11 Å². The van der Waals surface area contributed by atoms with Crippen LogP contribution in [0, 0.1) is 16.7 Å². The fraction of sp³-hybridized carbons (Fsp3) is 0.500. The van der Waals surface area contributed by atoms with Gasteiger partial charge in [-0.2, -0.15) is 5.26 Å². The maximum atomic E-state index is 8.76. The Hall–Kier alpha value is -1.73. The van der Waals surface area contributed by atoms with Gasteiger partial charge in [0, 0.05) is 18.4 Å². The van der Waals surface area contributed by atoms with E-state index in [4.69, 9.17) is 20.5 Å². The predicted molar refractivity (Wildman–Crippen MR) is 68.3 cm³/mol. The molecule has 1 fully saturated rings. The first-order valence-electron chi connectivity index (χ1n) is 6.10. The molecule has 0 unspecified atom stereocenters. The summed E-state index contributed by atoms with van der Waals surface area (Å²) in [6, 6.07) is 7.92. The van der Waals surface area contributed by atoms with E-state index in [2.05, 4.69) is 6.07 Å². The second kappa shape index (κ2) is 5.28. The Morgan fingerprint density at radius 2 is 2.17 bits per heavy atom. The lowest BCUT2D eigenvalue weighted by Crippen LogP contribution is -2.13. The van der Waals surface area contributed by atoms with Crippen molar-refractivity contribution < 1.29 is 9.47 Å². The first-order chi connectivity index (χ1) is 8.73. The summed E-state index contributed by atoms with van der Waals surface area (Å²) >= 11 is 0. The van der Waals surface area contributed by atoms with Gasteiger partial charge in [-0.25, -0.2) is 0 Å². The van der Waals surface area contributed by atoms with Gasteiger partial charge >= 0.3 is 0 Å². The van der Waals surface area contributed by atoms with E-state index in [1.165, 1.54) is 0 Å². The summed E-state index contributed by atoms with van der Waals surface area (Å²) in [6.07, 6.45) is 2.71. The molecule has 0 bridgehead atoms. The number of methoxy groups -OCH3 is 1.